The van der Waals surface area contributed by atoms with Crippen molar-refractivity contribution in [3.63, 3.8) is 0 Å². The minimum absolute atomic E-state index is 0.00979. The van der Waals surface area contributed by atoms with Crippen LogP contribution in [0, 0.1) is 5.41 Å². The molecule has 0 aromatic heterocycles. The van der Waals surface area contributed by atoms with Gasteiger partial charge in [-0.2, -0.15) is 0 Å². The maximum Gasteiger partial charge on any atom is 0.240 e. The van der Waals surface area contributed by atoms with Gasteiger partial charge in [0.15, 0.2) is 0 Å². The zero-order valence-corrected chi connectivity index (χ0v) is 13.2. The fraction of sp³-hybridized carbons (Fsp3) is 0.500. The van der Waals surface area contributed by atoms with Gasteiger partial charge in [0, 0.05) is 13.0 Å². The standard InChI is InChI=1S/C14H22N2O3S/c1-14(2,3)9-13(17)16-10-11-5-7-12(8-6-11)20(18,19)15-4/h5-8,15H,9-10H2,1-4H3,(H,16,17). The summed E-state index contributed by atoms with van der Waals surface area (Å²) in [4.78, 5) is 11.9. The number of carbonyl (C=O) groups is 1. The third kappa shape index (κ3) is 5.30. The number of amides is 1. The highest BCUT2D eigenvalue weighted by atomic mass is 32.2. The lowest BCUT2D eigenvalue weighted by atomic mass is 9.92. The van der Waals surface area contributed by atoms with Crippen LogP contribution in [-0.2, 0) is 21.4 Å². The molecule has 0 aliphatic carbocycles. The van der Waals surface area contributed by atoms with Crippen molar-refractivity contribution in [3.05, 3.63) is 29.8 Å². The average Bonchev–Trinajstić information content (AvgIpc) is 2.35. The van der Waals surface area contributed by atoms with Gasteiger partial charge in [-0.05, 0) is 30.2 Å². The van der Waals surface area contributed by atoms with Crippen molar-refractivity contribution in [2.24, 2.45) is 5.41 Å². The molecule has 0 spiro atoms. The molecule has 6 heteroatoms. The summed E-state index contributed by atoms with van der Waals surface area (Å²) in [7, 11) is -2.04. The van der Waals surface area contributed by atoms with Crippen molar-refractivity contribution in [3.8, 4) is 0 Å². The lowest BCUT2D eigenvalue weighted by Crippen LogP contribution is -2.27. The second kappa shape index (κ2) is 6.37. The Kier molecular flexibility index (Phi) is 5.30. The van der Waals surface area contributed by atoms with Crippen LogP contribution in [0.3, 0.4) is 0 Å². The van der Waals surface area contributed by atoms with Gasteiger partial charge >= 0.3 is 0 Å². The predicted octanol–water partition coefficient (Wildman–Crippen LogP) is 1.65. The minimum Gasteiger partial charge on any atom is -0.352 e. The summed E-state index contributed by atoms with van der Waals surface area (Å²) in [6, 6.07) is 6.44. The summed E-state index contributed by atoms with van der Waals surface area (Å²) in [5, 5.41) is 2.82. The maximum atomic E-state index is 11.7. The van der Waals surface area contributed by atoms with Crippen molar-refractivity contribution in [1.29, 1.82) is 0 Å². The number of rotatable bonds is 5. The van der Waals surface area contributed by atoms with Gasteiger partial charge in [0.2, 0.25) is 15.9 Å². The Bertz CT molecular complexity index is 557. The van der Waals surface area contributed by atoms with Crippen LogP contribution >= 0.6 is 0 Å². The molecule has 1 aromatic carbocycles. The third-order valence-electron chi connectivity index (χ3n) is 2.68. The molecule has 0 heterocycles. The van der Waals surface area contributed by atoms with E-state index in [9.17, 15) is 13.2 Å². The smallest absolute Gasteiger partial charge is 0.240 e. The van der Waals surface area contributed by atoms with E-state index in [4.69, 9.17) is 0 Å². The average molecular weight is 298 g/mol. The summed E-state index contributed by atoms with van der Waals surface area (Å²) in [6.07, 6.45) is 0.458. The van der Waals surface area contributed by atoms with Gasteiger partial charge in [0.25, 0.3) is 0 Å². The quantitative estimate of drug-likeness (QED) is 0.868. The van der Waals surface area contributed by atoms with Crippen molar-refractivity contribution in [1.82, 2.24) is 10.0 Å². The van der Waals surface area contributed by atoms with Crippen LogP contribution in [0.2, 0.25) is 0 Å². The number of hydrogen-bond donors (Lipinski definition) is 2. The molecule has 0 radical (unpaired) electrons. The highest BCUT2D eigenvalue weighted by Gasteiger charge is 2.15. The third-order valence-corrected chi connectivity index (χ3v) is 4.11. The van der Waals surface area contributed by atoms with Crippen molar-refractivity contribution in [2.45, 2.75) is 38.6 Å². The molecule has 0 bridgehead atoms. The van der Waals surface area contributed by atoms with Gasteiger partial charge in [0.05, 0.1) is 4.90 Å². The Hall–Kier alpha value is -1.40. The maximum absolute atomic E-state index is 11.7. The Morgan fingerprint density at radius 2 is 1.70 bits per heavy atom. The van der Waals surface area contributed by atoms with Crippen LogP contribution < -0.4 is 10.0 Å². The van der Waals surface area contributed by atoms with Crippen LogP contribution in [0.4, 0.5) is 0 Å². The molecule has 1 amide bonds. The molecule has 0 aliphatic heterocycles. The van der Waals surface area contributed by atoms with Crippen molar-refractivity contribution >= 4 is 15.9 Å². The normalized spacial score (nSPS) is 12.2. The topological polar surface area (TPSA) is 75.3 Å². The van der Waals surface area contributed by atoms with Crippen LogP contribution in [-0.4, -0.2) is 21.4 Å². The van der Waals surface area contributed by atoms with Gasteiger partial charge < -0.3 is 5.32 Å². The fourth-order valence-electron chi connectivity index (χ4n) is 1.65. The Labute approximate surface area is 120 Å². The van der Waals surface area contributed by atoms with Crippen LogP contribution in [0.1, 0.15) is 32.8 Å². The Morgan fingerprint density at radius 1 is 1.15 bits per heavy atom. The molecule has 0 saturated carbocycles. The van der Waals surface area contributed by atoms with Crippen molar-refractivity contribution in [2.75, 3.05) is 7.05 Å². The summed E-state index contributed by atoms with van der Waals surface area (Å²) in [5.74, 6) is -0.00979. The molecule has 0 aliphatic rings. The lowest BCUT2D eigenvalue weighted by Gasteiger charge is -2.17. The lowest BCUT2D eigenvalue weighted by molar-refractivity contribution is -0.122. The first kappa shape index (κ1) is 16.7. The van der Waals surface area contributed by atoms with E-state index in [0.717, 1.165) is 5.56 Å². The minimum atomic E-state index is -3.41. The first-order valence-electron chi connectivity index (χ1n) is 6.43. The van der Waals surface area contributed by atoms with Crippen LogP contribution in [0.5, 0.6) is 0 Å². The van der Waals surface area contributed by atoms with Crippen LogP contribution in [0.15, 0.2) is 29.2 Å². The zero-order chi connectivity index (χ0) is 15.4. The van der Waals surface area contributed by atoms with Gasteiger partial charge in [-0.3, -0.25) is 4.79 Å². The van der Waals surface area contributed by atoms with E-state index in [2.05, 4.69) is 10.0 Å². The summed E-state index contributed by atoms with van der Waals surface area (Å²) in [6.45, 7) is 6.41. The molecule has 2 N–H and O–H groups in total. The van der Waals surface area contributed by atoms with Gasteiger partial charge in [-0.1, -0.05) is 32.9 Å². The molecule has 20 heavy (non-hydrogen) atoms. The van der Waals surface area contributed by atoms with Gasteiger partial charge in [-0.15, -0.1) is 0 Å². The van der Waals surface area contributed by atoms with Gasteiger partial charge in [-0.25, -0.2) is 13.1 Å². The molecular formula is C14H22N2O3S. The summed E-state index contributed by atoms with van der Waals surface area (Å²) in [5.41, 5.74) is 0.816. The summed E-state index contributed by atoms with van der Waals surface area (Å²) >= 11 is 0. The summed E-state index contributed by atoms with van der Waals surface area (Å²) < 4.78 is 25.4. The molecule has 1 rings (SSSR count). The highest BCUT2D eigenvalue weighted by molar-refractivity contribution is 7.89. The number of hydrogen-bond acceptors (Lipinski definition) is 3. The molecule has 5 nitrogen and oxygen atoms in total. The van der Waals surface area contributed by atoms with E-state index in [0.29, 0.717) is 13.0 Å². The highest BCUT2D eigenvalue weighted by Crippen LogP contribution is 2.18. The van der Waals surface area contributed by atoms with E-state index < -0.39 is 10.0 Å². The van der Waals surface area contributed by atoms with E-state index >= 15 is 0 Å². The number of carbonyl (C=O) groups excluding carboxylic acids is 1. The molecule has 0 atom stereocenters. The molecule has 0 unspecified atom stereocenters. The number of benzene rings is 1. The predicted molar refractivity (Wildman–Crippen MR) is 78.6 cm³/mol. The van der Waals surface area contributed by atoms with E-state index in [1.165, 1.54) is 19.2 Å². The zero-order valence-electron chi connectivity index (χ0n) is 12.4. The molecule has 1 aromatic rings. The fourth-order valence-corrected chi connectivity index (χ4v) is 2.38. The Morgan fingerprint density at radius 3 is 2.15 bits per heavy atom. The van der Waals surface area contributed by atoms with E-state index in [-0.39, 0.29) is 16.2 Å². The monoisotopic (exact) mass is 298 g/mol. The molecule has 0 saturated heterocycles. The second-order valence-corrected chi connectivity index (χ2v) is 7.75. The first-order valence-corrected chi connectivity index (χ1v) is 7.91. The SMILES string of the molecule is CNS(=O)(=O)c1ccc(CNC(=O)CC(C)(C)C)cc1. The van der Waals surface area contributed by atoms with E-state index in [1.54, 1.807) is 12.1 Å². The molecular weight excluding hydrogens is 276 g/mol. The largest absolute Gasteiger partial charge is 0.352 e. The molecule has 112 valence electrons. The number of sulfonamides is 1. The number of nitrogens with one attached hydrogen (secondary N) is 2. The van der Waals surface area contributed by atoms with Crippen molar-refractivity contribution < 1.29 is 13.2 Å². The first-order chi connectivity index (χ1) is 9.14. The Balaban J connectivity index is 2.61. The second-order valence-electron chi connectivity index (χ2n) is 5.87. The van der Waals surface area contributed by atoms with Gasteiger partial charge in [0.1, 0.15) is 0 Å². The van der Waals surface area contributed by atoms with Crippen LogP contribution in [0.25, 0.3) is 0 Å². The van der Waals surface area contributed by atoms with E-state index in [1.807, 2.05) is 20.8 Å². The molecule has 0 fully saturated rings.